The van der Waals surface area contributed by atoms with Gasteiger partial charge in [-0.25, -0.2) is 13.5 Å². The van der Waals surface area contributed by atoms with Crippen molar-refractivity contribution in [1.82, 2.24) is 5.32 Å². The van der Waals surface area contributed by atoms with E-state index in [0.717, 1.165) is 9.69 Å². The fraction of sp³-hybridized carbons (Fsp3) is 0.0526. The van der Waals surface area contributed by atoms with E-state index in [1.165, 1.54) is 12.1 Å². The summed E-state index contributed by atoms with van der Waals surface area (Å²) in [5.41, 5.74) is 0.446. The lowest BCUT2D eigenvalue weighted by Crippen LogP contribution is -2.40. The molecule has 5 nitrogen and oxygen atoms in total. The van der Waals surface area contributed by atoms with Crippen LogP contribution >= 0.6 is 12.8 Å². The van der Waals surface area contributed by atoms with Crippen LogP contribution in [0.3, 0.4) is 0 Å². The average Bonchev–Trinajstić information content (AvgIpc) is 2.66. The van der Waals surface area contributed by atoms with Crippen molar-refractivity contribution >= 4 is 41.2 Å². The maximum Gasteiger partial charge on any atom is 0.338 e. The fourth-order valence-electron chi connectivity index (χ4n) is 2.33. The Morgan fingerprint density at radius 2 is 1.69 bits per heavy atom. The third-order valence-corrected chi connectivity index (χ3v) is 3.99. The molecule has 3 amide bonds. The van der Waals surface area contributed by atoms with Crippen LogP contribution in [0.15, 0.2) is 66.7 Å². The van der Waals surface area contributed by atoms with Gasteiger partial charge in [-0.2, -0.15) is 0 Å². The highest BCUT2D eigenvalue weighted by Crippen LogP contribution is 2.24. The summed E-state index contributed by atoms with van der Waals surface area (Å²) in [6.45, 7) is -0.297. The number of anilines is 1. The Kier molecular flexibility index (Phi) is 5.38. The molecule has 0 aliphatic rings. The number of amides is 3. The van der Waals surface area contributed by atoms with Gasteiger partial charge in [0.2, 0.25) is 0 Å². The molecule has 0 spiro atoms. The number of thiol groups is 1. The molecule has 3 aromatic carbocycles. The maximum absolute atomic E-state index is 13.2. The molecule has 0 radical (unpaired) electrons. The smallest absolute Gasteiger partial charge is 0.338 e. The molecule has 3 rings (SSSR count). The predicted molar refractivity (Wildman–Crippen MR) is 101 cm³/mol. The molecule has 0 aliphatic carbocycles. The number of carbonyl (C=O) groups excluding carboxylic acids is 2. The number of urea groups is 1. The first-order chi connectivity index (χ1) is 12.5. The van der Waals surface area contributed by atoms with Gasteiger partial charge in [0.25, 0.3) is 5.91 Å². The molecular formula is C19H15FN2O3S. The van der Waals surface area contributed by atoms with Gasteiger partial charge in [-0.3, -0.25) is 10.1 Å². The summed E-state index contributed by atoms with van der Waals surface area (Å²) in [6, 6.07) is 17.4. The summed E-state index contributed by atoms with van der Waals surface area (Å²) in [7, 11) is 0. The van der Waals surface area contributed by atoms with Crippen LogP contribution in [0.25, 0.3) is 10.8 Å². The first-order valence-corrected chi connectivity index (χ1v) is 8.13. The van der Waals surface area contributed by atoms with Crippen LogP contribution in [0.5, 0.6) is 5.75 Å². The summed E-state index contributed by atoms with van der Waals surface area (Å²) in [4.78, 5) is 24.0. The molecule has 0 unspecified atom stereocenters. The second-order valence-corrected chi connectivity index (χ2v) is 5.84. The molecule has 7 heteroatoms. The number of hydrogen-bond acceptors (Lipinski definition) is 4. The maximum atomic E-state index is 13.2. The standard InChI is InChI=1S/C19H15FN2O3S/c20-15-8-6-14-11-16(9-7-13(14)10-15)22(26)19(24)21-18(23)12-25-17-4-2-1-3-5-17/h1-11,26H,12H2,(H,21,23,24). The van der Waals surface area contributed by atoms with E-state index >= 15 is 0 Å². The van der Waals surface area contributed by atoms with Gasteiger partial charge in [-0.1, -0.05) is 43.1 Å². The topological polar surface area (TPSA) is 58.6 Å². The zero-order valence-corrected chi connectivity index (χ0v) is 14.4. The molecule has 0 fully saturated rings. The molecule has 0 aliphatic heterocycles. The number of fused-ring (bicyclic) bond motifs is 1. The van der Waals surface area contributed by atoms with Crippen molar-refractivity contribution in [1.29, 1.82) is 0 Å². The van der Waals surface area contributed by atoms with E-state index in [1.807, 2.05) is 6.07 Å². The van der Waals surface area contributed by atoms with Gasteiger partial charge in [0.1, 0.15) is 11.6 Å². The van der Waals surface area contributed by atoms with Gasteiger partial charge in [-0.15, -0.1) is 0 Å². The van der Waals surface area contributed by atoms with E-state index in [9.17, 15) is 14.0 Å². The number of halogens is 1. The molecule has 0 atom stereocenters. The Hall–Kier alpha value is -3.06. The van der Waals surface area contributed by atoms with Gasteiger partial charge in [0.15, 0.2) is 6.61 Å². The van der Waals surface area contributed by atoms with E-state index < -0.39 is 11.9 Å². The van der Waals surface area contributed by atoms with Gasteiger partial charge in [-0.05, 0) is 47.2 Å². The van der Waals surface area contributed by atoms with Crippen LogP contribution in [0.2, 0.25) is 0 Å². The summed E-state index contributed by atoms with van der Waals surface area (Å²) in [6.07, 6.45) is 0. The predicted octanol–water partition coefficient (Wildman–Crippen LogP) is 3.95. The number of hydrogen-bond donors (Lipinski definition) is 2. The highest BCUT2D eigenvalue weighted by Gasteiger charge is 2.16. The average molecular weight is 370 g/mol. The van der Waals surface area contributed by atoms with E-state index in [4.69, 9.17) is 4.74 Å². The molecule has 132 valence electrons. The molecule has 3 aromatic rings. The second kappa shape index (κ2) is 7.88. The number of nitrogens with one attached hydrogen (secondary N) is 1. The minimum absolute atomic E-state index is 0.297. The van der Waals surface area contributed by atoms with Gasteiger partial charge in [0.05, 0.1) is 5.69 Å². The second-order valence-electron chi connectivity index (χ2n) is 5.44. The Morgan fingerprint density at radius 1 is 1.00 bits per heavy atom. The number of para-hydroxylation sites is 1. The fourth-order valence-corrected chi connectivity index (χ4v) is 2.50. The Balaban J connectivity index is 1.62. The van der Waals surface area contributed by atoms with Crippen LogP contribution < -0.4 is 14.4 Å². The first-order valence-electron chi connectivity index (χ1n) is 7.73. The van der Waals surface area contributed by atoms with Crippen molar-refractivity contribution in [3.8, 4) is 5.75 Å². The molecule has 0 saturated carbocycles. The highest BCUT2D eigenvalue weighted by molar-refractivity contribution is 7.82. The number of benzene rings is 3. The lowest BCUT2D eigenvalue weighted by atomic mass is 10.1. The van der Waals surface area contributed by atoms with Crippen molar-refractivity contribution in [3.05, 3.63) is 72.5 Å². The molecular weight excluding hydrogens is 355 g/mol. The molecule has 26 heavy (non-hydrogen) atoms. The molecule has 0 bridgehead atoms. The summed E-state index contributed by atoms with van der Waals surface area (Å²) in [5, 5.41) is 3.63. The van der Waals surface area contributed by atoms with E-state index in [-0.39, 0.29) is 12.4 Å². The first kappa shape index (κ1) is 17.8. The molecule has 0 heterocycles. The van der Waals surface area contributed by atoms with Crippen molar-refractivity contribution < 1.29 is 18.7 Å². The van der Waals surface area contributed by atoms with Gasteiger partial charge in [0, 0.05) is 0 Å². The molecule has 0 saturated heterocycles. The van der Waals surface area contributed by atoms with Gasteiger partial charge >= 0.3 is 6.03 Å². The van der Waals surface area contributed by atoms with Crippen LogP contribution in [-0.4, -0.2) is 18.5 Å². The Labute approximate surface area is 154 Å². The Morgan fingerprint density at radius 3 is 2.46 bits per heavy atom. The zero-order chi connectivity index (χ0) is 18.5. The van der Waals surface area contributed by atoms with Crippen LogP contribution in [0.4, 0.5) is 14.9 Å². The normalized spacial score (nSPS) is 10.4. The SMILES string of the molecule is O=C(COc1ccccc1)NC(=O)N(S)c1ccc2cc(F)ccc2c1. The number of rotatable bonds is 4. The third-order valence-electron chi connectivity index (χ3n) is 3.58. The van der Waals surface area contributed by atoms with Crippen LogP contribution in [0.1, 0.15) is 0 Å². The monoisotopic (exact) mass is 370 g/mol. The lowest BCUT2D eigenvalue weighted by molar-refractivity contribution is -0.121. The van der Waals surface area contributed by atoms with Crippen molar-refractivity contribution in [2.75, 3.05) is 10.9 Å². The highest BCUT2D eigenvalue weighted by atomic mass is 32.1. The summed E-state index contributed by atoms with van der Waals surface area (Å²) in [5.74, 6) is -0.407. The van der Waals surface area contributed by atoms with Crippen molar-refractivity contribution in [3.63, 3.8) is 0 Å². The number of ether oxygens (including phenoxy) is 1. The number of nitrogens with zero attached hydrogens (tertiary/aromatic N) is 1. The summed E-state index contributed by atoms with van der Waals surface area (Å²) >= 11 is 4.13. The van der Waals surface area contributed by atoms with Crippen LogP contribution in [0, 0.1) is 5.82 Å². The zero-order valence-electron chi connectivity index (χ0n) is 13.6. The minimum atomic E-state index is -0.712. The summed E-state index contributed by atoms with van der Waals surface area (Å²) < 4.78 is 19.5. The molecule has 1 N–H and O–H groups in total. The quantitative estimate of drug-likeness (QED) is 0.684. The van der Waals surface area contributed by atoms with Gasteiger partial charge < -0.3 is 4.74 Å². The third kappa shape index (κ3) is 4.31. The molecule has 0 aromatic heterocycles. The van der Waals surface area contributed by atoms with E-state index in [0.29, 0.717) is 16.8 Å². The van der Waals surface area contributed by atoms with Crippen LogP contribution in [-0.2, 0) is 4.79 Å². The number of imide groups is 1. The lowest BCUT2D eigenvalue weighted by Gasteiger charge is -2.16. The largest absolute Gasteiger partial charge is 0.484 e. The Bertz CT molecular complexity index is 950. The van der Waals surface area contributed by atoms with Crippen molar-refractivity contribution in [2.24, 2.45) is 0 Å². The van der Waals surface area contributed by atoms with E-state index in [1.54, 1.807) is 48.5 Å². The number of carbonyl (C=O) groups is 2. The van der Waals surface area contributed by atoms with E-state index in [2.05, 4.69) is 18.1 Å². The minimum Gasteiger partial charge on any atom is -0.484 e. The van der Waals surface area contributed by atoms with Crippen molar-refractivity contribution in [2.45, 2.75) is 0 Å².